The zero-order valence-corrected chi connectivity index (χ0v) is 15.6. The second-order valence-electron chi connectivity index (χ2n) is 5.34. The maximum Gasteiger partial charge on any atom is 0.215 e. The van der Waals surface area contributed by atoms with Gasteiger partial charge in [0.25, 0.3) is 0 Å². The summed E-state index contributed by atoms with van der Waals surface area (Å²) in [4.78, 5) is 6.19. The Kier molecular flexibility index (Phi) is 7.57. The van der Waals surface area contributed by atoms with Gasteiger partial charge in [-0.3, -0.25) is 4.99 Å². The first-order valence-electron chi connectivity index (χ1n) is 7.85. The van der Waals surface area contributed by atoms with E-state index in [-0.39, 0.29) is 5.75 Å². The summed E-state index contributed by atoms with van der Waals surface area (Å²) in [6.07, 6.45) is 2.00. The summed E-state index contributed by atoms with van der Waals surface area (Å²) in [7, 11) is 2.41. The zero-order chi connectivity index (χ0) is 17.5. The van der Waals surface area contributed by atoms with E-state index in [2.05, 4.69) is 20.9 Å². The topological polar surface area (TPSA) is 69.9 Å². The first-order valence-corrected chi connectivity index (χ1v) is 9.46. The molecule has 0 fully saturated rings. The van der Waals surface area contributed by atoms with Gasteiger partial charge < -0.3 is 14.8 Å². The van der Waals surface area contributed by atoms with Gasteiger partial charge in [-0.2, -0.15) is 0 Å². The molecule has 0 aliphatic carbocycles. The van der Waals surface area contributed by atoms with E-state index in [1.54, 1.807) is 7.05 Å². The quantitative estimate of drug-likeness (QED) is 0.557. The smallest absolute Gasteiger partial charge is 0.215 e. The molecule has 0 saturated carbocycles. The lowest BCUT2D eigenvalue weighted by molar-refractivity contribution is 0.442. The van der Waals surface area contributed by atoms with Crippen LogP contribution in [0.25, 0.3) is 0 Å². The van der Waals surface area contributed by atoms with Crippen molar-refractivity contribution < 1.29 is 8.42 Å². The van der Waals surface area contributed by atoms with E-state index in [4.69, 9.17) is 0 Å². The number of rotatable bonds is 8. The van der Waals surface area contributed by atoms with Gasteiger partial charge in [0.1, 0.15) is 0 Å². The van der Waals surface area contributed by atoms with Crippen molar-refractivity contribution in [3.05, 3.63) is 24.0 Å². The Hall–Kier alpha value is -1.54. The fourth-order valence-electron chi connectivity index (χ4n) is 2.40. The number of aromatic nitrogens is 1. The Balaban J connectivity index is 2.56. The molecule has 0 aliphatic heterocycles. The van der Waals surface area contributed by atoms with Crippen LogP contribution in [-0.2, 0) is 23.6 Å². The van der Waals surface area contributed by atoms with E-state index >= 15 is 0 Å². The molecule has 0 aliphatic rings. The zero-order valence-electron chi connectivity index (χ0n) is 14.8. The molecule has 1 aromatic heterocycles. The maximum atomic E-state index is 12.2. The van der Waals surface area contributed by atoms with E-state index in [0.29, 0.717) is 32.1 Å². The number of aliphatic imine (C=N–C) groups is 1. The molecule has 0 spiro atoms. The fraction of sp³-hybridized carbons (Fsp3) is 0.667. The predicted molar refractivity (Wildman–Crippen MR) is 94.9 cm³/mol. The van der Waals surface area contributed by atoms with Crippen LogP contribution in [0.4, 0.5) is 0 Å². The molecule has 0 unspecified atom stereocenters. The summed E-state index contributed by atoms with van der Waals surface area (Å²) in [5.41, 5.74) is 1.16. The number of hydrogen-bond donors (Lipinski definition) is 1. The van der Waals surface area contributed by atoms with Crippen molar-refractivity contribution in [2.45, 2.75) is 20.4 Å². The number of guanidine groups is 1. The summed E-state index contributed by atoms with van der Waals surface area (Å²) in [5.74, 6) is 0.743. The molecule has 23 heavy (non-hydrogen) atoms. The van der Waals surface area contributed by atoms with E-state index in [1.165, 1.54) is 4.31 Å². The Morgan fingerprint density at radius 2 is 2.00 bits per heavy atom. The van der Waals surface area contributed by atoms with Gasteiger partial charge in [-0.15, -0.1) is 0 Å². The normalized spacial score (nSPS) is 12.7. The van der Waals surface area contributed by atoms with Crippen LogP contribution in [0.5, 0.6) is 0 Å². The van der Waals surface area contributed by atoms with Gasteiger partial charge >= 0.3 is 0 Å². The summed E-state index contributed by atoms with van der Waals surface area (Å²) in [6, 6.07) is 4.05. The van der Waals surface area contributed by atoms with Gasteiger partial charge in [-0.05, 0) is 12.1 Å². The molecule has 1 aromatic rings. The number of aryl methyl sites for hydroxylation is 1. The van der Waals surface area contributed by atoms with Gasteiger partial charge in [0.15, 0.2) is 5.96 Å². The molecule has 7 nitrogen and oxygen atoms in total. The van der Waals surface area contributed by atoms with E-state index in [9.17, 15) is 8.42 Å². The van der Waals surface area contributed by atoms with E-state index in [1.807, 2.05) is 45.1 Å². The summed E-state index contributed by atoms with van der Waals surface area (Å²) in [5, 5.41) is 3.12. The average molecular weight is 343 g/mol. The van der Waals surface area contributed by atoms with Crippen molar-refractivity contribution in [1.29, 1.82) is 0 Å². The highest BCUT2D eigenvalue weighted by molar-refractivity contribution is 7.89. The first kappa shape index (κ1) is 19.5. The highest BCUT2D eigenvalue weighted by Gasteiger charge is 2.18. The highest BCUT2D eigenvalue weighted by atomic mass is 32.2. The molecular formula is C15H29N5O2S. The SMILES string of the molecule is CCN(CC)S(=O)(=O)CCNC(=NC)N(C)Cc1cccn1C. The van der Waals surface area contributed by atoms with Crippen LogP contribution >= 0.6 is 0 Å². The lowest BCUT2D eigenvalue weighted by Gasteiger charge is -2.23. The molecule has 0 bridgehead atoms. The van der Waals surface area contributed by atoms with Gasteiger partial charge in [-0.25, -0.2) is 12.7 Å². The largest absolute Gasteiger partial charge is 0.355 e. The highest BCUT2D eigenvalue weighted by Crippen LogP contribution is 2.04. The van der Waals surface area contributed by atoms with Crippen molar-refractivity contribution in [1.82, 2.24) is 19.1 Å². The first-order chi connectivity index (χ1) is 10.9. The Bertz CT molecular complexity index is 605. The van der Waals surface area contributed by atoms with Crippen molar-refractivity contribution in [3.8, 4) is 0 Å². The van der Waals surface area contributed by atoms with Crippen molar-refractivity contribution in [2.75, 3.05) is 39.5 Å². The van der Waals surface area contributed by atoms with Crippen molar-refractivity contribution in [2.24, 2.45) is 12.0 Å². The molecule has 0 radical (unpaired) electrons. The molecule has 1 heterocycles. The Labute approximate surface area is 140 Å². The van der Waals surface area contributed by atoms with Gasteiger partial charge in [0.2, 0.25) is 10.0 Å². The van der Waals surface area contributed by atoms with Crippen molar-refractivity contribution >= 4 is 16.0 Å². The lowest BCUT2D eigenvalue weighted by Crippen LogP contribution is -2.42. The Morgan fingerprint density at radius 1 is 1.35 bits per heavy atom. The van der Waals surface area contributed by atoms with Crippen LogP contribution in [0.3, 0.4) is 0 Å². The molecule has 1 N–H and O–H groups in total. The molecule has 0 amide bonds. The number of nitrogens with one attached hydrogen (secondary N) is 1. The minimum Gasteiger partial charge on any atom is -0.355 e. The number of hydrogen-bond acceptors (Lipinski definition) is 3. The molecule has 0 saturated heterocycles. The Morgan fingerprint density at radius 3 is 2.48 bits per heavy atom. The fourth-order valence-corrected chi connectivity index (χ4v) is 3.81. The van der Waals surface area contributed by atoms with E-state index in [0.717, 1.165) is 5.69 Å². The lowest BCUT2D eigenvalue weighted by atomic mass is 10.4. The minimum absolute atomic E-state index is 0.0612. The third-order valence-electron chi connectivity index (χ3n) is 3.77. The molecule has 132 valence electrons. The van der Waals surface area contributed by atoms with Gasteiger partial charge in [-0.1, -0.05) is 13.8 Å². The van der Waals surface area contributed by atoms with Crippen LogP contribution in [-0.4, -0.2) is 67.6 Å². The van der Waals surface area contributed by atoms with Crippen LogP contribution in [0.1, 0.15) is 19.5 Å². The molecule has 0 aromatic carbocycles. The van der Waals surface area contributed by atoms with Gasteiger partial charge in [0, 0.05) is 52.7 Å². The van der Waals surface area contributed by atoms with Crippen molar-refractivity contribution in [3.63, 3.8) is 0 Å². The monoisotopic (exact) mass is 343 g/mol. The van der Waals surface area contributed by atoms with Crippen LogP contribution in [0.15, 0.2) is 23.3 Å². The summed E-state index contributed by atoms with van der Waals surface area (Å²) >= 11 is 0. The maximum absolute atomic E-state index is 12.2. The standard InChI is InChI=1S/C15H29N5O2S/c1-6-20(7-2)23(21,22)12-10-17-15(16-3)19(5)13-14-9-8-11-18(14)4/h8-9,11H,6-7,10,12-13H2,1-5H3,(H,16,17). The second-order valence-corrected chi connectivity index (χ2v) is 7.43. The summed E-state index contributed by atoms with van der Waals surface area (Å²) < 4.78 is 27.9. The second kappa shape index (κ2) is 8.93. The molecule has 0 atom stereocenters. The van der Waals surface area contributed by atoms with Crippen LogP contribution in [0, 0.1) is 0 Å². The minimum atomic E-state index is -3.22. The number of nitrogens with zero attached hydrogens (tertiary/aromatic N) is 4. The molecule has 8 heteroatoms. The average Bonchev–Trinajstić information content (AvgIpc) is 2.89. The van der Waals surface area contributed by atoms with E-state index < -0.39 is 10.0 Å². The number of sulfonamides is 1. The van der Waals surface area contributed by atoms with Gasteiger partial charge in [0.05, 0.1) is 12.3 Å². The third-order valence-corrected chi connectivity index (χ3v) is 5.79. The summed E-state index contributed by atoms with van der Waals surface area (Å²) in [6.45, 7) is 5.74. The molecular weight excluding hydrogens is 314 g/mol. The molecule has 1 rings (SSSR count). The third kappa shape index (κ3) is 5.54. The van der Waals surface area contributed by atoms with Crippen LogP contribution in [0.2, 0.25) is 0 Å². The van der Waals surface area contributed by atoms with Crippen LogP contribution < -0.4 is 5.32 Å². The predicted octanol–water partition coefficient (Wildman–Crippen LogP) is 0.704.